The van der Waals surface area contributed by atoms with Crippen molar-refractivity contribution in [2.24, 2.45) is 4.99 Å². The summed E-state index contributed by atoms with van der Waals surface area (Å²) in [4.78, 5) is 19.4. The van der Waals surface area contributed by atoms with Gasteiger partial charge in [-0.25, -0.2) is 4.99 Å². The molecule has 152 valence electrons. The molecule has 1 atom stereocenters. The Morgan fingerprint density at radius 2 is 2.10 bits per heavy atom. The van der Waals surface area contributed by atoms with Gasteiger partial charge in [-0.05, 0) is 38.9 Å². The largest absolute Gasteiger partial charge is 0.488 e. The standard InChI is InChI=1S/C21H24ClN5O2/c1-12-19(22)13(2)26-20(25-12)16-10-27(11-17(16)23)21(28)15-5-3-4-6-18(15)29-14-7-8-24-9-14/h3-6,14,23-25H,7-11H2,1-2H3/b20-16+,23-17?. The van der Waals surface area contributed by atoms with Gasteiger partial charge in [0.15, 0.2) is 0 Å². The average Bonchev–Trinajstić information content (AvgIpc) is 3.35. The van der Waals surface area contributed by atoms with Gasteiger partial charge in [0, 0.05) is 17.8 Å². The summed E-state index contributed by atoms with van der Waals surface area (Å²) in [6, 6.07) is 7.32. The van der Waals surface area contributed by atoms with E-state index in [1.54, 1.807) is 11.0 Å². The summed E-state index contributed by atoms with van der Waals surface area (Å²) in [7, 11) is 0. The zero-order chi connectivity index (χ0) is 20.5. The van der Waals surface area contributed by atoms with Crippen molar-refractivity contribution in [1.29, 1.82) is 5.41 Å². The minimum Gasteiger partial charge on any atom is -0.488 e. The quantitative estimate of drug-likeness (QED) is 0.710. The summed E-state index contributed by atoms with van der Waals surface area (Å²) in [5.41, 5.74) is 3.10. The van der Waals surface area contributed by atoms with Crippen LogP contribution in [0.3, 0.4) is 0 Å². The fourth-order valence-electron chi connectivity index (χ4n) is 3.71. The topological polar surface area (TPSA) is 89.8 Å². The Balaban J connectivity index is 1.56. The number of aliphatic imine (C=N–C) groups is 1. The minimum atomic E-state index is -0.145. The van der Waals surface area contributed by atoms with Crippen LogP contribution >= 0.6 is 11.6 Å². The van der Waals surface area contributed by atoms with Crippen molar-refractivity contribution in [2.75, 3.05) is 26.2 Å². The van der Waals surface area contributed by atoms with Crippen LogP contribution < -0.4 is 15.4 Å². The number of hydrogen-bond acceptors (Lipinski definition) is 6. The van der Waals surface area contributed by atoms with Crippen LogP contribution in [0.2, 0.25) is 0 Å². The number of carbonyl (C=O) groups excluding carboxylic acids is 1. The number of halogens is 1. The lowest BCUT2D eigenvalue weighted by molar-refractivity contribution is 0.0797. The Bertz CT molecular complexity index is 960. The Morgan fingerprint density at radius 3 is 2.83 bits per heavy atom. The van der Waals surface area contributed by atoms with Crippen LogP contribution in [-0.2, 0) is 0 Å². The van der Waals surface area contributed by atoms with Crippen molar-refractivity contribution in [1.82, 2.24) is 15.5 Å². The van der Waals surface area contributed by atoms with E-state index in [0.29, 0.717) is 45.7 Å². The van der Waals surface area contributed by atoms with Gasteiger partial charge in [-0.15, -0.1) is 0 Å². The van der Waals surface area contributed by atoms with Crippen LogP contribution in [-0.4, -0.2) is 54.5 Å². The predicted octanol–water partition coefficient (Wildman–Crippen LogP) is 2.65. The zero-order valence-corrected chi connectivity index (χ0v) is 17.3. The van der Waals surface area contributed by atoms with E-state index in [1.165, 1.54) is 0 Å². The summed E-state index contributed by atoms with van der Waals surface area (Å²) >= 11 is 6.20. The first kappa shape index (κ1) is 19.7. The molecule has 0 saturated carbocycles. The molecule has 0 aliphatic carbocycles. The van der Waals surface area contributed by atoms with Crippen LogP contribution in [0.15, 0.2) is 51.4 Å². The molecule has 8 heteroatoms. The molecule has 1 amide bonds. The third kappa shape index (κ3) is 3.93. The molecular formula is C21H24ClN5O2. The van der Waals surface area contributed by atoms with Gasteiger partial charge in [0.1, 0.15) is 17.7 Å². The molecule has 29 heavy (non-hydrogen) atoms. The first-order chi connectivity index (χ1) is 13.9. The van der Waals surface area contributed by atoms with E-state index in [0.717, 1.165) is 25.2 Å². The zero-order valence-electron chi connectivity index (χ0n) is 16.5. The molecule has 3 aliphatic rings. The first-order valence-electron chi connectivity index (χ1n) is 9.69. The molecular weight excluding hydrogens is 390 g/mol. The summed E-state index contributed by atoms with van der Waals surface area (Å²) in [6.07, 6.45) is 0.993. The van der Waals surface area contributed by atoms with Gasteiger partial charge in [-0.3, -0.25) is 4.79 Å². The van der Waals surface area contributed by atoms with Gasteiger partial charge in [0.05, 0.1) is 35.1 Å². The lowest BCUT2D eigenvalue weighted by Gasteiger charge is -2.20. The van der Waals surface area contributed by atoms with Crippen molar-refractivity contribution in [3.8, 4) is 5.75 Å². The number of hydrogen-bond donors (Lipinski definition) is 3. The predicted molar refractivity (Wildman–Crippen MR) is 114 cm³/mol. The number of benzene rings is 1. The highest BCUT2D eigenvalue weighted by Gasteiger charge is 2.32. The molecule has 3 heterocycles. The number of para-hydroxylation sites is 1. The molecule has 3 aliphatic heterocycles. The van der Waals surface area contributed by atoms with Crippen molar-refractivity contribution in [3.63, 3.8) is 0 Å². The number of allylic oxidation sites excluding steroid dienone is 2. The van der Waals surface area contributed by atoms with Gasteiger partial charge in [-0.1, -0.05) is 23.7 Å². The molecule has 0 bridgehead atoms. The van der Waals surface area contributed by atoms with E-state index in [2.05, 4.69) is 15.6 Å². The van der Waals surface area contributed by atoms with Gasteiger partial charge >= 0.3 is 0 Å². The fraction of sp³-hybridized carbons (Fsp3) is 0.381. The molecule has 4 rings (SSSR count). The number of amides is 1. The minimum absolute atomic E-state index is 0.0711. The molecule has 0 radical (unpaired) electrons. The van der Waals surface area contributed by atoms with Crippen molar-refractivity contribution in [3.05, 3.63) is 52.0 Å². The molecule has 1 aromatic carbocycles. The molecule has 1 aromatic rings. The van der Waals surface area contributed by atoms with E-state index >= 15 is 0 Å². The second-order valence-corrected chi connectivity index (χ2v) is 7.83. The van der Waals surface area contributed by atoms with Crippen LogP contribution in [0, 0.1) is 5.41 Å². The summed E-state index contributed by atoms with van der Waals surface area (Å²) in [5, 5.41) is 15.4. The van der Waals surface area contributed by atoms with Crippen molar-refractivity contribution in [2.45, 2.75) is 26.4 Å². The van der Waals surface area contributed by atoms with Gasteiger partial charge in [0.25, 0.3) is 5.91 Å². The molecule has 2 fully saturated rings. The Kier molecular flexibility index (Phi) is 5.43. The highest BCUT2D eigenvalue weighted by molar-refractivity contribution is 6.43. The maximum absolute atomic E-state index is 13.2. The molecule has 3 N–H and O–H groups in total. The Hall–Kier alpha value is -2.64. The van der Waals surface area contributed by atoms with Crippen LogP contribution in [0.5, 0.6) is 5.75 Å². The number of carbonyl (C=O) groups is 1. The third-order valence-corrected chi connectivity index (χ3v) is 5.85. The smallest absolute Gasteiger partial charge is 0.258 e. The lowest BCUT2D eigenvalue weighted by Crippen LogP contribution is -2.30. The second-order valence-electron chi connectivity index (χ2n) is 7.46. The normalized spacial score (nSPS) is 24.7. The number of nitrogens with one attached hydrogen (secondary N) is 3. The van der Waals surface area contributed by atoms with Crippen molar-refractivity contribution >= 4 is 28.9 Å². The van der Waals surface area contributed by atoms with E-state index in [4.69, 9.17) is 21.7 Å². The fourth-order valence-corrected chi connectivity index (χ4v) is 3.80. The van der Waals surface area contributed by atoms with Crippen LogP contribution in [0.1, 0.15) is 30.6 Å². The number of rotatable bonds is 3. The highest BCUT2D eigenvalue weighted by atomic mass is 35.5. The number of likely N-dealkylation sites (tertiary alicyclic amines) is 1. The molecule has 7 nitrogen and oxygen atoms in total. The second kappa shape index (κ2) is 8.00. The van der Waals surface area contributed by atoms with Gasteiger partial charge in [0.2, 0.25) is 0 Å². The van der Waals surface area contributed by atoms with Gasteiger partial charge < -0.3 is 25.7 Å². The monoisotopic (exact) mass is 413 g/mol. The van der Waals surface area contributed by atoms with Crippen molar-refractivity contribution < 1.29 is 9.53 Å². The lowest BCUT2D eigenvalue weighted by atomic mass is 10.1. The number of nitrogens with zero attached hydrogens (tertiary/aromatic N) is 2. The van der Waals surface area contributed by atoms with E-state index < -0.39 is 0 Å². The summed E-state index contributed by atoms with van der Waals surface area (Å²) in [5.74, 6) is 1.04. The van der Waals surface area contributed by atoms with E-state index in [9.17, 15) is 4.79 Å². The molecule has 1 unspecified atom stereocenters. The van der Waals surface area contributed by atoms with Crippen LogP contribution in [0.4, 0.5) is 0 Å². The Morgan fingerprint density at radius 1 is 1.31 bits per heavy atom. The molecule has 0 spiro atoms. The molecule has 0 aromatic heterocycles. The Labute approximate surface area is 175 Å². The first-order valence-corrected chi connectivity index (χ1v) is 10.1. The third-order valence-electron chi connectivity index (χ3n) is 5.29. The highest BCUT2D eigenvalue weighted by Crippen LogP contribution is 2.27. The summed E-state index contributed by atoms with van der Waals surface area (Å²) < 4.78 is 6.07. The SMILES string of the molecule is CC1=N/C(=C2\CN(C(=O)c3ccccc3OC3CCNC3)CC2=N)NC(C)=C1Cl. The van der Waals surface area contributed by atoms with Crippen LogP contribution in [0.25, 0.3) is 0 Å². The van der Waals surface area contributed by atoms with E-state index in [1.807, 2.05) is 32.0 Å². The number of ether oxygens (including phenoxy) is 1. The molecule has 2 saturated heterocycles. The van der Waals surface area contributed by atoms with Gasteiger partial charge in [-0.2, -0.15) is 0 Å². The van der Waals surface area contributed by atoms with E-state index in [-0.39, 0.29) is 18.6 Å². The average molecular weight is 414 g/mol. The summed E-state index contributed by atoms with van der Waals surface area (Å²) in [6.45, 7) is 5.97. The maximum Gasteiger partial charge on any atom is 0.258 e. The maximum atomic E-state index is 13.2.